The number of carbonyl (C=O) groups is 1. The molecule has 1 amide bonds. The number of rotatable bonds is 4. The standard InChI is InChI=1S/C14H15ClN2O2/c1-9(7-11-3-2-6-19-11)17-14(18)12-5-4-10(15)8-13(12)16/h2-6,8-9H,7,16H2,1H3,(H,17,18). The summed E-state index contributed by atoms with van der Waals surface area (Å²) in [6.07, 6.45) is 2.24. The number of nitrogen functional groups attached to an aromatic ring is 1. The first-order valence-corrected chi connectivity index (χ1v) is 6.32. The average Bonchev–Trinajstić information content (AvgIpc) is 2.81. The number of nitrogens with one attached hydrogen (secondary N) is 1. The van der Waals surface area contributed by atoms with Gasteiger partial charge in [-0.25, -0.2) is 0 Å². The van der Waals surface area contributed by atoms with Crippen LogP contribution >= 0.6 is 11.6 Å². The van der Waals surface area contributed by atoms with Gasteiger partial charge in [-0.1, -0.05) is 11.6 Å². The second-order valence-electron chi connectivity index (χ2n) is 4.39. The highest BCUT2D eigenvalue weighted by Crippen LogP contribution is 2.18. The summed E-state index contributed by atoms with van der Waals surface area (Å²) in [6.45, 7) is 1.91. The quantitative estimate of drug-likeness (QED) is 0.845. The normalized spacial score (nSPS) is 12.1. The summed E-state index contributed by atoms with van der Waals surface area (Å²) in [4.78, 5) is 12.1. The zero-order valence-electron chi connectivity index (χ0n) is 10.5. The third kappa shape index (κ3) is 3.51. The lowest BCUT2D eigenvalue weighted by Crippen LogP contribution is -2.34. The molecule has 1 heterocycles. The molecule has 1 unspecified atom stereocenters. The first-order valence-electron chi connectivity index (χ1n) is 5.94. The third-order valence-electron chi connectivity index (χ3n) is 2.72. The van der Waals surface area contributed by atoms with Gasteiger partial charge in [-0.2, -0.15) is 0 Å². The van der Waals surface area contributed by atoms with Crippen LogP contribution < -0.4 is 11.1 Å². The second-order valence-corrected chi connectivity index (χ2v) is 4.83. The summed E-state index contributed by atoms with van der Waals surface area (Å²) < 4.78 is 5.24. The van der Waals surface area contributed by atoms with Gasteiger partial charge in [-0.05, 0) is 37.3 Å². The van der Waals surface area contributed by atoms with Crippen LogP contribution in [0.1, 0.15) is 23.0 Å². The molecular formula is C14H15ClN2O2. The van der Waals surface area contributed by atoms with Crippen LogP contribution in [-0.4, -0.2) is 11.9 Å². The minimum atomic E-state index is -0.215. The molecule has 3 N–H and O–H groups in total. The van der Waals surface area contributed by atoms with Gasteiger partial charge < -0.3 is 15.5 Å². The van der Waals surface area contributed by atoms with Crippen molar-refractivity contribution in [3.63, 3.8) is 0 Å². The van der Waals surface area contributed by atoms with Crippen LogP contribution in [0.15, 0.2) is 41.0 Å². The number of carbonyl (C=O) groups excluding carboxylic acids is 1. The molecule has 0 aliphatic carbocycles. The van der Waals surface area contributed by atoms with Gasteiger partial charge in [-0.3, -0.25) is 4.79 Å². The number of amides is 1. The SMILES string of the molecule is CC(Cc1ccco1)NC(=O)c1ccc(Cl)cc1N. The molecule has 100 valence electrons. The van der Waals surface area contributed by atoms with Crippen molar-refractivity contribution < 1.29 is 9.21 Å². The zero-order chi connectivity index (χ0) is 13.8. The minimum Gasteiger partial charge on any atom is -0.469 e. The lowest BCUT2D eigenvalue weighted by Gasteiger charge is -2.13. The lowest BCUT2D eigenvalue weighted by atomic mass is 10.1. The Morgan fingerprint density at radius 3 is 2.89 bits per heavy atom. The Labute approximate surface area is 116 Å². The Bertz CT molecular complexity index is 567. The Morgan fingerprint density at radius 2 is 2.26 bits per heavy atom. The summed E-state index contributed by atoms with van der Waals surface area (Å²) in [5.41, 5.74) is 6.57. The predicted octanol–water partition coefficient (Wildman–Crippen LogP) is 2.88. The summed E-state index contributed by atoms with van der Waals surface area (Å²) in [6, 6.07) is 8.47. The predicted molar refractivity (Wildman–Crippen MR) is 75.2 cm³/mol. The molecule has 0 spiro atoms. The van der Waals surface area contributed by atoms with Crippen molar-refractivity contribution in [1.29, 1.82) is 0 Å². The van der Waals surface area contributed by atoms with E-state index in [4.69, 9.17) is 21.8 Å². The zero-order valence-corrected chi connectivity index (χ0v) is 11.3. The molecular weight excluding hydrogens is 264 g/mol. The molecule has 1 aromatic heterocycles. The van der Waals surface area contributed by atoms with Crippen LogP contribution in [0.5, 0.6) is 0 Å². The Hall–Kier alpha value is -1.94. The van der Waals surface area contributed by atoms with E-state index in [0.717, 1.165) is 5.76 Å². The molecule has 19 heavy (non-hydrogen) atoms. The second kappa shape index (κ2) is 5.80. The fourth-order valence-corrected chi connectivity index (χ4v) is 2.00. The topological polar surface area (TPSA) is 68.3 Å². The highest BCUT2D eigenvalue weighted by atomic mass is 35.5. The van der Waals surface area contributed by atoms with Gasteiger partial charge in [0.25, 0.3) is 5.91 Å². The number of nitrogens with two attached hydrogens (primary N) is 1. The number of hydrogen-bond donors (Lipinski definition) is 2. The number of anilines is 1. The van der Waals surface area contributed by atoms with Crippen LogP contribution in [0.3, 0.4) is 0 Å². The van der Waals surface area contributed by atoms with E-state index in [1.807, 2.05) is 19.1 Å². The van der Waals surface area contributed by atoms with Crippen molar-refractivity contribution in [1.82, 2.24) is 5.32 Å². The monoisotopic (exact) mass is 278 g/mol. The van der Waals surface area contributed by atoms with Gasteiger partial charge in [0, 0.05) is 23.2 Å². The van der Waals surface area contributed by atoms with Crippen LogP contribution in [-0.2, 0) is 6.42 Å². The van der Waals surface area contributed by atoms with Gasteiger partial charge in [0.05, 0.1) is 11.8 Å². The molecule has 1 atom stereocenters. The molecule has 2 rings (SSSR count). The summed E-state index contributed by atoms with van der Waals surface area (Å²) in [5.74, 6) is 0.616. The highest BCUT2D eigenvalue weighted by Gasteiger charge is 2.13. The van der Waals surface area contributed by atoms with E-state index in [1.165, 1.54) is 0 Å². The molecule has 0 saturated heterocycles. The maximum atomic E-state index is 12.1. The average molecular weight is 279 g/mol. The van der Waals surface area contributed by atoms with Crippen molar-refractivity contribution in [2.75, 3.05) is 5.73 Å². The van der Waals surface area contributed by atoms with Gasteiger partial charge in [0.2, 0.25) is 0 Å². The smallest absolute Gasteiger partial charge is 0.253 e. The fraction of sp³-hybridized carbons (Fsp3) is 0.214. The molecule has 2 aromatic rings. The van der Waals surface area contributed by atoms with E-state index >= 15 is 0 Å². The van der Waals surface area contributed by atoms with E-state index in [9.17, 15) is 4.79 Å². The van der Waals surface area contributed by atoms with Crippen molar-refractivity contribution in [2.45, 2.75) is 19.4 Å². The van der Waals surface area contributed by atoms with E-state index in [0.29, 0.717) is 22.7 Å². The van der Waals surface area contributed by atoms with E-state index in [1.54, 1.807) is 24.5 Å². The highest BCUT2D eigenvalue weighted by molar-refractivity contribution is 6.31. The fourth-order valence-electron chi connectivity index (χ4n) is 1.82. The summed E-state index contributed by atoms with van der Waals surface area (Å²) in [5, 5.41) is 3.38. The van der Waals surface area contributed by atoms with Crippen molar-refractivity contribution in [2.24, 2.45) is 0 Å². The Morgan fingerprint density at radius 1 is 1.47 bits per heavy atom. The van der Waals surface area contributed by atoms with E-state index in [2.05, 4.69) is 5.32 Å². The van der Waals surface area contributed by atoms with Gasteiger partial charge in [0.15, 0.2) is 0 Å². The van der Waals surface area contributed by atoms with Gasteiger partial charge in [0.1, 0.15) is 5.76 Å². The molecule has 0 radical (unpaired) electrons. The molecule has 0 aliphatic rings. The molecule has 0 saturated carbocycles. The number of furan rings is 1. The van der Waals surface area contributed by atoms with Crippen molar-refractivity contribution in [3.8, 4) is 0 Å². The largest absolute Gasteiger partial charge is 0.469 e. The van der Waals surface area contributed by atoms with E-state index < -0.39 is 0 Å². The number of benzene rings is 1. The van der Waals surface area contributed by atoms with E-state index in [-0.39, 0.29) is 11.9 Å². The lowest BCUT2D eigenvalue weighted by molar-refractivity contribution is 0.0940. The molecule has 0 aliphatic heterocycles. The maximum absolute atomic E-state index is 12.1. The maximum Gasteiger partial charge on any atom is 0.253 e. The summed E-state index contributed by atoms with van der Waals surface area (Å²) >= 11 is 5.80. The Kier molecular flexibility index (Phi) is 4.12. The van der Waals surface area contributed by atoms with Gasteiger partial charge >= 0.3 is 0 Å². The number of halogens is 1. The Balaban J connectivity index is 2.00. The molecule has 4 nitrogen and oxygen atoms in total. The number of hydrogen-bond acceptors (Lipinski definition) is 3. The van der Waals surface area contributed by atoms with Gasteiger partial charge in [-0.15, -0.1) is 0 Å². The molecule has 1 aromatic carbocycles. The van der Waals surface area contributed by atoms with Crippen LogP contribution in [0.2, 0.25) is 5.02 Å². The minimum absolute atomic E-state index is 0.0475. The third-order valence-corrected chi connectivity index (χ3v) is 2.96. The molecule has 0 fully saturated rings. The first-order chi connectivity index (χ1) is 9.06. The van der Waals surface area contributed by atoms with Crippen LogP contribution in [0.25, 0.3) is 0 Å². The van der Waals surface area contributed by atoms with Crippen LogP contribution in [0.4, 0.5) is 5.69 Å². The van der Waals surface area contributed by atoms with Crippen molar-refractivity contribution in [3.05, 3.63) is 52.9 Å². The first kappa shape index (κ1) is 13.5. The van der Waals surface area contributed by atoms with Crippen molar-refractivity contribution >= 4 is 23.2 Å². The molecule has 0 bridgehead atoms. The van der Waals surface area contributed by atoms with Crippen LogP contribution in [0, 0.1) is 0 Å². The molecule has 5 heteroatoms. The summed E-state index contributed by atoms with van der Waals surface area (Å²) in [7, 11) is 0.